The van der Waals surface area contributed by atoms with Crippen LogP contribution in [0.15, 0.2) is 68.9 Å². The maximum atomic E-state index is 12.5. The van der Waals surface area contributed by atoms with Gasteiger partial charge in [0.25, 0.3) is 0 Å². The second-order valence-corrected chi connectivity index (χ2v) is 7.94. The Bertz CT molecular complexity index is 1140. The van der Waals surface area contributed by atoms with Gasteiger partial charge >= 0.3 is 5.97 Å². The molecule has 0 aliphatic heterocycles. The van der Waals surface area contributed by atoms with Crippen LogP contribution in [-0.4, -0.2) is 17.0 Å². The second kappa shape index (κ2) is 7.61. The molecule has 28 heavy (non-hydrogen) atoms. The SMILES string of the molecule is O=C(Cc1cc2ccccc2o1)Nc1scc(-c2ccc(Br)cc2)c1C(=O)O. The molecular weight excluding hydrogens is 442 g/mol. The summed E-state index contributed by atoms with van der Waals surface area (Å²) >= 11 is 4.56. The predicted octanol–water partition coefficient (Wildman–Crippen LogP) is 5.80. The summed E-state index contributed by atoms with van der Waals surface area (Å²) in [5.74, 6) is -0.885. The number of para-hydroxylation sites is 1. The third kappa shape index (κ3) is 3.72. The van der Waals surface area contributed by atoms with Crippen LogP contribution in [0.3, 0.4) is 0 Å². The van der Waals surface area contributed by atoms with Gasteiger partial charge in [0.1, 0.15) is 21.9 Å². The van der Waals surface area contributed by atoms with Crippen molar-refractivity contribution in [3.8, 4) is 11.1 Å². The summed E-state index contributed by atoms with van der Waals surface area (Å²) in [7, 11) is 0. The van der Waals surface area contributed by atoms with Gasteiger partial charge < -0.3 is 14.8 Å². The van der Waals surface area contributed by atoms with Crippen molar-refractivity contribution in [2.24, 2.45) is 0 Å². The molecule has 0 saturated carbocycles. The van der Waals surface area contributed by atoms with Crippen molar-refractivity contribution in [2.45, 2.75) is 6.42 Å². The van der Waals surface area contributed by atoms with Crippen molar-refractivity contribution in [3.05, 3.63) is 75.8 Å². The number of benzene rings is 2. The Morgan fingerprint density at radius 1 is 1.11 bits per heavy atom. The zero-order chi connectivity index (χ0) is 19.7. The maximum absolute atomic E-state index is 12.5. The first-order valence-electron chi connectivity index (χ1n) is 8.39. The van der Waals surface area contributed by atoms with Crippen LogP contribution in [0.25, 0.3) is 22.1 Å². The van der Waals surface area contributed by atoms with E-state index in [9.17, 15) is 14.7 Å². The van der Waals surface area contributed by atoms with Crippen LogP contribution >= 0.6 is 27.3 Å². The number of hydrogen-bond acceptors (Lipinski definition) is 4. The first-order chi connectivity index (χ1) is 13.5. The van der Waals surface area contributed by atoms with E-state index >= 15 is 0 Å². The molecule has 4 aromatic rings. The quantitative estimate of drug-likeness (QED) is 0.398. The molecule has 2 N–H and O–H groups in total. The van der Waals surface area contributed by atoms with Gasteiger partial charge in [-0.2, -0.15) is 0 Å². The number of carboxylic acid groups (broad SMARTS) is 1. The Kier molecular flexibility index (Phi) is 5.02. The monoisotopic (exact) mass is 455 g/mol. The number of nitrogens with one attached hydrogen (secondary N) is 1. The number of fused-ring (bicyclic) bond motifs is 1. The number of carbonyl (C=O) groups excluding carboxylic acids is 1. The Hall–Kier alpha value is -2.90. The van der Waals surface area contributed by atoms with Crippen LogP contribution in [0.2, 0.25) is 0 Å². The summed E-state index contributed by atoms with van der Waals surface area (Å²) in [6.07, 6.45) is 0.0270. The average molecular weight is 456 g/mol. The van der Waals surface area contributed by atoms with E-state index in [1.807, 2.05) is 54.6 Å². The molecule has 0 radical (unpaired) electrons. The van der Waals surface area contributed by atoms with Crippen molar-refractivity contribution in [2.75, 3.05) is 5.32 Å². The van der Waals surface area contributed by atoms with E-state index in [0.29, 0.717) is 21.9 Å². The van der Waals surface area contributed by atoms with Crippen LogP contribution < -0.4 is 5.32 Å². The lowest BCUT2D eigenvalue weighted by molar-refractivity contribution is -0.115. The normalized spacial score (nSPS) is 10.9. The molecule has 4 rings (SSSR count). The molecule has 7 heteroatoms. The Labute approximate surface area is 172 Å². The van der Waals surface area contributed by atoms with Gasteiger partial charge in [-0.1, -0.05) is 46.3 Å². The van der Waals surface area contributed by atoms with Gasteiger partial charge in [-0.15, -0.1) is 11.3 Å². The Balaban J connectivity index is 1.57. The van der Waals surface area contributed by atoms with Gasteiger partial charge in [-0.05, 0) is 29.8 Å². The Morgan fingerprint density at radius 2 is 1.86 bits per heavy atom. The number of carbonyl (C=O) groups is 2. The van der Waals surface area contributed by atoms with Crippen molar-refractivity contribution in [1.29, 1.82) is 0 Å². The van der Waals surface area contributed by atoms with Crippen LogP contribution in [-0.2, 0) is 11.2 Å². The number of anilines is 1. The molecule has 0 saturated heterocycles. The fourth-order valence-electron chi connectivity index (χ4n) is 2.96. The third-order valence-electron chi connectivity index (χ3n) is 4.22. The zero-order valence-electron chi connectivity index (χ0n) is 14.4. The molecular formula is C21H14BrNO4S. The molecule has 0 fully saturated rings. The Morgan fingerprint density at radius 3 is 2.57 bits per heavy atom. The van der Waals surface area contributed by atoms with E-state index in [1.165, 1.54) is 11.3 Å². The lowest BCUT2D eigenvalue weighted by Crippen LogP contribution is -2.15. The minimum atomic E-state index is -1.08. The summed E-state index contributed by atoms with van der Waals surface area (Å²) in [5, 5.41) is 15.4. The summed E-state index contributed by atoms with van der Waals surface area (Å²) in [4.78, 5) is 24.3. The molecule has 1 amide bonds. The highest BCUT2D eigenvalue weighted by molar-refractivity contribution is 9.10. The highest BCUT2D eigenvalue weighted by atomic mass is 79.9. The molecule has 2 heterocycles. The van der Waals surface area contributed by atoms with Crippen LogP contribution in [0.4, 0.5) is 5.00 Å². The summed E-state index contributed by atoms with van der Waals surface area (Å²) in [5.41, 5.74) is 2.15. The smallest absolute Gasteiger partial charge is 0.339 e. The van der Waals surface area contributed by atoms with Crippen molar-refractivity contribution in [3.63, 3.8) is 0 Å². The maximum Gasteiger partial charge on any atom is 0.339 e. The highest BCUT2D eigenvalue weighted by Crippen LogP contribution is 2.36. The van der Waals surface area contributed by atoms with Crippen molar-refractivity contribution in [1.82, 2.24) is 0 Å². The number of hydrogen-bond donors (Lipinski definition) is 2. The molecule has 2 aromatic heterocycles. The fraction of sp³-hybridized carbons (Fsp3) is 0.0476. The fourth-order valence-corrected chi connectivity index (χ4v) is 4.20. The lowest BCUT2D eigenvalue weighted by Gasteiger charge is -2.05. The van der Waals surface area contributed by atoms with E-state index < -0.39 is 5.97 Å². The van der Waals surface area contributed by atoms with Gasteiger partial charge in [-0.25, -0.2) is 4.79 Å². The molecule has 2 aromatic carbocycles. The van der Waals surface area contributed by atoms with Gasteiger partial charge in [0.2, 0.25) is 5.91 Å². The van der Waals surface area contributed by atoms with Gasteiger partial charge in [0.15, 0.2) is 0 Å². The molecule has 0 aliphatic carbocycles. The van der Waals surface area contributed by atoms with E-state index in [4.69, 9.17) is 4.42 Å². The van der Waals surface area contributed by atoms with E-state index in [2.05, 4.69) is 21.2 Å². The van der Waals surface area contributed by atoms with Crippen LogP contribution in [0.1, 0.15) is 16.1 Å². The molecule has 0 bridgehead atoms. The number of amides is 1. The molecule has 0 atom stereocenters. The number of halogens is 1. The second-order valence-electron chi connectivity index (χ2n) is 6.14. The number of carboxylic acids is 1. The average Bonchev–Trinajstić information content (AvgIpc) is 3.25. The zero-order valence-corrected chi connectivity index (χ0v) is 16.8. The van der Waals surface area contributed by atoms with Gasteiger partial charge in [0.05, 0.1) is 6.42 Å². The summed E-state index contributed by atoms with van der Waals surface area (Å²) < 4.78 is 6.57. The predicted molar refractivity (Wildman–Crippen MR) is 113 cm³/mol. The standard InChI is InChI=1S/C21H14BrNO4S/c22-14-7-5-12(6-8-14)16-11-28-20(19(16)21(25)26)23-18(24)10-15-9-13-3-1-2-4-17(13)27-15/h1-9,11H,10H2,(H,23,24)(H,25,26). The number of furan rings is 1. The molecule has 140 valence electrons. The number of thiophene rings is 1. The van der Waals surface area contributed by atoms with Crippen molar-refractivity contribution < 1.29 is 19.1 Å². The molecule has 0 spiro atoms. The van der Waals surface area contributed by atoms with Crippen LogP contribution in [0, 0.1) is 0 Å². The minimum absolute atomic E-state index is 0.0270. The number of rotatable bonds is 5. The first-order valence-corrected chi connectivity index (χ1v) is 10.1. The molecule has 0 aliphatic rings. The van der Waals surface area contributed by atoms with Gasteiger partial charge in [-0.3, -0.25) is 4.79 Å². The van der Waals surface area contributed by atoms with Crippen LogP contribution in [0.5, 0.6) is 0 Å². The summed E-state index contributed by atoms with van der Waals surface area (Å²) in [6.45, 7) is 0. The lowest BCUT2D eigenvalue weighted by atomic mass is 10.0. The largest absolute Gasteiger partial charge is 0.478 e. The highest BCUT2D eigenvalue weighted by Gasteiger charge is 2.21. The third-order valence-corrected chi connectivity index (χ3v) is 5.65. The summed E-state index contributed by atoms with van der Waals surface area (Å²) in [6, 6.07) is 16.7. The minimum Gasteiger partial charge on any atom is -0.478 e. The first kappa shape index (κ1) is 18.5. The van der Waals surface area contributed by atoms with E-state index in [-0.39, 0.29) is 17.9 Å². The van der Waals surface area contributed by atoms with Gasteiger partial charge in [0, 0.05) is 20.8 Å². The molecule has 0 unspecified atom stereocenters. The van der Waals surface area contributed by atoms with E-state index in [1.54, 1.807) is 5.38 Å². The van der Waals surface area contributed by atoms with Crippen molar-refractivity contribution >= 4 is 55.1 Å². The number of aromatic carboxylic acids is 1. The molecule has 5 nitrogen and oxygen atoms in total. The van der Waals surface area contributed by atoms with E-state index in [0.717, 1.165) is 15.4 Å². The topological polar surface area (TPSA) is 79.5 Å².